The molecule has 0 spiro atoms. The zero-order valence-electron chi connectivity index (χ0n) is 18.2. The Labute approximate surface area is 182 Å². The minimum absolute atomic E-state index is 0.0194. The molecule has 0 atom stereocenters. The van der Waals surface area contributed by atoms with Crippen molar-refractivity contribution in [3.63, 3.8) is 0 Å². The highest BCUT2D eigenvalue weighted by Crippen LogP contribution is 2.37. The van der Waals surface area contributed by atoms with Crippen LogP contribution >= 0.6 is 0 Å². The minimum Gasteiger partial charge on any atom is -0.497 e. The Balaban J connectivity index is 2.26. The zero-order valence-corrected chi connectivity index (χ0v) is 19.1. The molecule has 2 aromatic carbocycles. The maximum atomic E-state index is 13.2. The van der Waals surface area contributed by atoms with Gasteiger partial charge in [0, 0.05) is 31.6 Å². The molecule has 0 aliphatic rings. The standard InChI is InChI=1S/C23H26N2O5S/c1-16-21(30-15-17-9-7-6-8-10-17)20(22(26)24(2)3)25(23(16)31(5,27)28)18-11-13-19(29-4)14-12-18/h6-14H,15H2,1-5H3. The highest BCUT2D eigenvalue weighted by Gasteiger charge is 2.32. The van der Waals surface area contributed by atoms with Gasteiger partial charge in [0.2, 0.25) is 0 Å². The van der Waals surface area contributed by atoms with Crippen LogP contribution in [0.3, 0.4) is 0 Å². The number of carbonyl (C=O) groups is 1. The molecule has 164 valence electrons. The van der Waals surface area contributed by atoms with Gasteiger partial charge in [-0.05, 0) is 36.8 Å². The molecule has 3 rings (SSSR count). The monoisotopic (exact) mass is 442 g/mol. The molecule has 0 bridgehead atoms. The lowest BCUT2D eigenvalue weighted by Gasteiger charge is -2.17. The molecule has 0 N–H and O–H groups in total. The van der Waals surface area contributed by atoms with Crippen molar-refractivity contribution in [1.29, 1.82) is 0 Å². The van der Waals surface area contributed by atoms with Crippen LogP contribution in [0, 0.1) is 6.92 Å². The number of aromatic nitrogens is 1. The van der Waals surface area contributed by atoms with Crippen LogP contribution in [0.15, 0.2) is 59.6 Å². The molecular weight excluding hydrogens is 416 g/mol. The Kier molecular flexibility index (Phi) is 6.40. The fourth-order valence-electron chi connectivity index (χ4n) is 3.38. The number of ether oxygens (including phenoxy) is 2. The van der Waals surface area contributed by atoms with Crippen molar-refractivity contribution in [2.45, 2.75) is 18.6 Å². The first-order valence-electron chi connectivity index (χ1n) is 9.63. The number of benzene rings is 2. The average molecular weight is 443 g/mol. The summed E-state index contributed by atoms with van der Waals surface area (Å²) in [5.41, 5.74) is 1.97. The van der Waals surface area contributed by atoms with E-state index in [0.29, 0.717) is 17.0 Å². The van der Waals surface area contributed by atoms with Gasteiger partial charge >= 0.3 is 0 Å². The van der Waals surface area contributed by atoms with Crippen LogP contribution in [-0.4, -0.2) is 51.3 Å². The van der Waals surface area contributed by atoms with Crippen molar-refractivity contribution in [3.8, 4) is 17.2 Å². The Hall–Kier alpha value is -3.26. The van der Waals surface area contributed by atoms with Gasteiger partial charge in [0.05, 0.1) is 7.11 Å². The number of hydrogen-bond donors (Lipinski definition) is 0. The molecule has 0 aliphatic carbocycles. The molecule has 1 aromatic heterocycles. The molecule has 0 aliphatic heterocycles. The second-order valence-electron chi connectivity index (χ2n) is 7.39. The van der Waals surface area contributed by atoms with E-state index in [9.17, 15) is 13.2 Å². The summed E-state index contributed by atoms with van der Waals surface area (Å²) in [4.78, 5) is 14.6. The quantitative estimate of drug-likeness (QED) is 0.560. The first-order valence-corrected chi connectivity index (χ1v) is 11.5. The summed E-state index contributed by atoms with van der Waals surface area (Å²) in [5, 5.41) is 0.0194. The molecule has 7 nitrogen and oxygen atoms in total. The normalized spacial score (nSPS) is 11.3. The van der Waals surface area contributed by atoms with E-state index in [0.717, 1.165) is 11.8 Å². The van der Waals surface area contributed by atoms with Crippen molar-refractivity contribution in [2.75, 3.05) is 27.5 Å². The molecule has 0 saturated heterocycles. The van der Waals surface area contributed by atoms with Crippen LogP contribution in [0.2, 0.25) is 0 Å². The van der Waals surface area contributed by atoms with Crippen molar-refractivity contribution in [2.24, 2.45) is 0 Å². The molecule has 8 heteroatoms. The number of carbonyl (C=O) groups excluding carboxylic acids is 1. The van der Waals surface area contributed by atoms with Gasteiger partial charge in [-0.3, -0.25) is 9.36 Å². The summed E-state index contributed by atoms with van der Waals surface area (Å²) in [6, 6.07) is 16.3. The van der Waals surface area contributed by atoms with Gasteiger partial charge in [-0.25, -0.2) is 8.42 Å². The smallest absolute Gasteiger partial charge is 0.274 e. The summed E-state index contributed by atoms with van der Waals surface area (Å²) >= 11 is 0. The molecule has 0 fully saturated rings. The van der Waals surface area contributed by atoms with Gasteiger partial charge in [0.25, 0.3) is 5.91 Å². The molecule has 0 radical (unpaired) electrons. The second kappa shape index (κ2) is 8.85. The minimum atomic E-state index is -3.69. The zero-order chi connectivity index (χ0) is 22.8. The molecule has 1 heterocycles. The Morgan fingerprint density at radius 1 is 1.03 bits per heavy atom. The van der Waals surface area contributed by atoms with Crippen LogP contribution in [0.1, 0.15) is 21.6 Å². The summed E-state index contributed by atoms with van der Waals surface area (Å²) in [7, 11) is 1.09. The van der Waals surface area contributed by atoms with E-state index in [1.807, 2.05) is 30.3 Å². The largest absolute Gasteiger partial charge is 0.497 e. The fraction of sp³-hybridized carbons (Fsp3) is 0.261. The van der Waals surface area contributed by atoms with Gasteiger partial charge in [-0.15, -0.1) is 0 Å². The maximum absolute atomic E-state index is 13.2. The van der Waals surface area contributed by atoms with Crippen molar-refractivity contribution in [3.05, 3.63) is 71.4 Å². The highest BCUT2D eigenvalue weighted by atomic mass is 32.2. The Morgan fingerprint density at radius 3 is 2.16 bits per heavy atom. The topological polar surface area (TPSA) is 77.8 Å². The van der Waals surface area contributed by atoms with E-state index in [1.54, 1.807) is 52.4 Å². The summed E-state index contributed by atoms with van der Waals surface area (Å²) in [6.07, 6.45) is 1.13. The molecular formula is C23H26N2O5S. The average Bonchev–Trinajstić information content (AvgIpc) is 3.04. The van der Waals surface area contributed by atoms with Crippen LogP contribution < -0.4 is 9.47 Å². The first-order chi connectivity index (χ1) is 14.6. The van der Waals surface area contributed by atoms with Crippen LogP contribution in [0.5, 0.6) is 11.5 Å². The Morgan fingerprint density at radius 2 is 1.65 bits per heavy atom. The first kappa shape index (κ1) is 22.4. The van der Waals surface area contributed by atoms with E-state index < -0.39 is 9.84 Å². The summed E-state index contributed by atoms with van der Waals surface area (Å²) < 4.78 is 38.3. The van der Waals surface area contributed by atoms with E-state index >= 15 is 0 Å². The number of sulfone groups is 1. The summed E-state index contributed by atoms with van der Waals surface area (Å²) in [6.45, 7) is 1.86. The van der Waals surface area contributed by atoms with E-state index in [4.69, 9.17) is 9.47 Å². The van der Waals surface area contributed by atoms with Crippen molar-refractivity contribution < 1.29 is 22.7 Å². The maximum Gasteiger partial charge on any atom is 0.274 e. The number of methoxy groups -OCH3 is 1. The Bertz CT molecular complexity index is 1180. The van der Waals surface area contributed by atoms with Crippen LogP contribution in [-0.2, 0) is 16.4 Å². The lowest BCUT2D eigenvalue weighted by Crippen LogP contribution is -2.25. The third-order valence-electron chi connectivity index (χ3n) is 4.82. The van der Waals surface area contributed by atoms with E-state index in [2.05, 4.69) is 0 Å². The summed E-state index contributed by atoms with van der Waals surface area (Å²) in [5.74, 6) is 0.505. The van der Waals surface area contributed by atoms with Crippen LogP contribution in [0.4, 0.5) is 0 Å². The lowest BCUT2D eigenvalue weighted by molar-refractivity contribution is 0.0814. The predicted octanol–water partition coefficient (Wildman–Crippen LogP) is 3.48. The number of rotatable bonds is 7. The second-order valence-corrected chi connectivity index (χ2v) is 9.32. The molecule has 3 aromatic rings. The molecule has 31 heavy (non-hydrogen) atoms. The molecule has 1 amide bonds. The SMILES string of the molecule is COc1ccc(-n2c(C(=O)N(C)C)c(OCc3ccccc3)c(C)c2S(C)(=O)=O)cc1. The fourth-order valence-corrected chi connectivity index (χ4v) is 4.56. The predicted molar refractivity (Wildman–Crippen MR) is 119 cm³/mol. The number of amides is 1. The number of hydrogen-bond acceptors (Lipinski definition) is 5. The van der Waals surface area contributed by atoms with E-state index in [-0.39, 0.29) is 29.0 Å². The van der Waals surface area contributed by atoms with Gasteiger partial charge in [0.15, 0.2) is 21.3 Å². The molecule has 0 unspecified atom stereocenters. The third-order valence-corrected chi connectivity index (χ3v) is 6.01. The van der Waals surface area contributed by atoms with Crippen molar-refractivity contribution in [1.82, 2.24) is 9.47 Å². The van der Waals surface area contributed by atoms with Gasteiger partial charge in [-0.2, -0.15) is 0 Å². The third kappa shape index (κ3) is 4.59. The van der Waals surface area contributed by atoms with Gasteiger partial charge in [0.1, 0.15) is 17.4 Å². The molecule has 0 saturated carbocycles. The van der Waals surface area contributed by atoms with Crippen molar-refractivity contribution >= 4 is 15.7 Å². The van der Waals surface area contributed by atoms with Gasteiger partial charge in [-0.1, -0.05) is 30.3 Å². The lowest BCUT2D eigenvalue weighted by atomic mass is 10.2. The highest BCUT2D eigenvalue weighted by molar-refractivity contribution is 7.90. The van der Waals surface area contributed by atoms with Gasteiger partial charge < -0.3 is 14.4 Å². The van der Waals surface area contributed by atoms with Crippen LogP contribution in [0.25, 0.3) is 5.69 Å². The van der Waals surface area contributed by atoms with E-state index in [1.165, 1.54) is 9.47 Å². The number of nitrogens with zero attached hydrogens (tertiary/aromatic N) is 2.